The van der Waals surface area contributed by atoms with Crippen LogP contribution in [-0.2, 0) is 4.79 Å². The lowest BCUT2D eigenvalue weighted by Gasteiger charge is -2.29. The highest BCUT2D eigenvalue weighted by atomic mass is 16.2. The second-order valence-corrected chi connectivity index (χ2v) is 4.46. The van der Waals surface area contributed by atoms with Gasteiger partial charge in [-0.25, -0.2) is 0 Å². The molecule has 1 aliphatic heterocycles. The number of nitrogens with one attached hydrogen (secondary N) is 1. The van der Waals surface area contributed by atoms with Crippen molar-refractivity contribution in [2.24, 2.45) is 11.5 Å². The molecule has 0 spiro atoms. The van der Waals surface area contributed by atoms with Gasteiger partial charge < -0.3 is 16.8 Å². The van der Waals surface area contributed by atoms with E-state index in [0.29, 0.717) is 19.1 Å². The van der Waals surface area contributed by atoms with Crippen molar-refractivity contribution in [1.82, 2.24) is 10.2 Å². The number of nitrogens with zero attached hydrogens (tertiary/aromatic N) is 1. The highest BCUT2D eigenvalue weighted by molar-refractivity contribution is 5.77. The number of hydrogen-bond acceptors (Lipinski definition) is 4. The van der Waals surface area contributed by atoms with Gasteiger partial charge in [0.25, 0.3) is 0 Å². The van der Waals surface area contributed by atoms with Crippen molar-refractivity contribution in [3.8, 4) is 0 Å². The lowest BCUT2D eigenvalue weighted by molar-refractivity contribution is -0.122. The number of nitrogens with two attached hydrogens (primary N) is 2. The van der Waals surface area contributed by atoms with Crippen molar-refractivity contribution in [2.45, 2.75) is 31.7 Å². The highest BCUT2D eigenvalue weighted by Crippen LogP contribution is 2.07. The van der Waals surface area contributed by atoms with Gasteiger partial charge in [0.2, 0.25) is 5.91 Å². The molecule has 0 aromatic heterocycles. The van der Waals surface area contributed by atoms with Crippen LogP contribution in [0.4, 0.5) is 0 Å². The summed E-state index contributed by atoms with van der Waals surface area (Å²) in [6.07, 6.45) is 3.94. The molecule has 16 heavy (non-hydrogen) atoms. The summed E-state index contributed by atoms with van der Waals surface area (Å²) in [6.45, 7) is 3.83. The Labute approximate surface area is 97.5 Å². The van der Waals surface area contributed by atoms with Crippen LogP contribution in [0, 0.1) is 0 Å². The predicted molar refractivity (Wildman–Crippen MR) is 64.9 cm³/mol. The Kier molecular flexibility index (Phi) is 6.37. The van der Waals surface area contributed by atoms with Gasteiger partial charge in [-0.1, -0.05) is 0 Å². The number of carbonyl (C=O) groups is 1. The molecule has 5 heteroatoms. The molecule has 1 saturated heterocycles. The molecule has 0 radical (unpaired) electrons. The second kappa shape index (κ2) is 7.60. The Balaban J connectivity index is 2.05. The molecule has 1 heterocycles. The fraction of sp³-hybridized carbons (Fsp3) is 0.909. The van der Waals surface area contributed by atoms with Crippen LogP contribution in [0.5, 0.6) is 0 Å². The van der Waals surface area contributed by atoms with E-state index in [1.165, 1.54) is 0 Å². The third-order valence-electron chi connectivity index (χ3n) is 2.95. The maximum Gasteiger partial charge on any atom is 0.234 e. The first-order chi connectivity index (χ1) is 7.72. The van der Waals surface area contributed by atoms with Crippen LogP contribution in [0.3, 0.4) is 0 Å². The van der Waals surface area contributed by atoms with E-state index in [4.69, 9.17) is 11.5 Å². The van der Waals surface area contributed by atoms with E-state index in [-0.39, 0.29) is 5.91 Å². The van der Waals surface area contributed by atoms with Crippen LogP contribution in [0.15, 0.2) is 0 Å². The molecular formula is C11H24N4O. The molecule has 0 atom stereocenters. The molecule has 1 amide bonds. The standard InChI is InChI=1S/C11H24N4O/c12-5-1-2-6-14-11(16)9-15-7-3-10(13)4-8-15/h10H,1-9,12-13H2,(H,14,16). The van der Waals surface area contributed by atoms with Crippen LogP contribution in [0.25, 0.3) is 0 Å². The summed E-state index contributed by atoms with van der Waals surface area (Å²) in [6, 6.07) is 0.323. The zero-order chi connectivity index (χ0) is 11.8. The number of piperidine rings is 1. The third kappa shape index (κ3) is 5.44. The molecule has 0 aromatic rings. The van der Waals surface area contributed by atoms with Crippen molar-refractivity contribution in [3.05, 3.63) is 0 Å². The van der Waals surface area contributed by atoms with E-state index in [0.717, 1.165) is 45.3 Å². The fourth-order valence-electron chi connectivity index (χ4n) is 1.87. The molecule has 94 valence electrons. The van der Waals surface area contributed by atoms with E-state index >= 15 is 0 Å². The third-order valence-corrected chi connectivity index (χ3v) is 2.95. The number of hydrogen-bond donors (Lipinski definition) is 3. The molecular weight excluding hydrogens is 204 g/mol. The Morgan fingerprint density at radius 1 is 1.31 bits per heavy atom. The van der Waals surface area contributed by atoms with Gasteiger partial charge in [0.05, 0.1) is 6.54 Å². The van der Waals surface area contributed by atoms with Gasteiger partial charge in [0.15, 0.2) is 0 Å². The van der Waals surface area contributed by atoms with Crippen molar-refractivity contribution < 1.29 is 4.79 Å². The minimum Gasteiger partial charge on any atom is -0.355 e. The largest absolute Gasteiger partial charge is 0.355 e. The fourth-order valence-corrected chi connectivity index (χ4v) is 1.87. The van der Waals surface area contributed by atoms with E-state index < -0.39 is 0 Å². The van der Waals surface area contributed by atoms with Crippen molar-refractivity contribution in [2.75, 3.05) is 32.7 Å². The van der Waals surface area contributed by atoms with E-state index in [1.807, 2.05) is 0 Å². The normalized spacial score (nSPS) is 18.6. The first-order valence-electron chi connectivity index (χ1n) is 6.17. The van der Waals surface area contributed by atoms with E-state index in [1.54, 1.807) is 0 Å². The lowest BCUT2D eigenvalue weighted by Crippen LogP contribution is -2.44. The maximum absolute atomic E-state index is 11.5. The van der Waals surface area contributed by atoms with Crippen LogP contribution >= 0.6 is 0 Å². The Morgan fingerprint density at radius 3 is 2.62 bits per heavy atom. The van der Waals surface area contributed by atoms with Gasteiger partial charge in [0.1, 0.15) is 0 Å². The van der Waals surface area contributed by atoms with Gasteiger partial charge >= 0.3 is 0 Å². The molecule has 5 N–H and O–H groups in total. The second-order valence-electron chi connectivity index (χ2n) is 4.46. The minimum absolute atomic E-state index is 0.118. The van der Waals surface area contributed by atoms with Crippen LogP contribution in [-0.4, -0.2) is 49.6 Å². The molecule has 5 nitrogen and oxygen atoms in total. The quantitative estimate of drug-likeness (QED) is 0.523. The zero-order valence-corrected chi connectivity index (χ0v) is 9.95. The Morgan fingerprint density at radius 2 is 2.00 bits per heavy atom. The molecule has 0 aliphatic carbocycles. The number of amides is 1. The average molecular weight is 228 g/mol. The first-order valence-corrected chi connectivity index (χ1v) is 6.17. The lowest BCUT2D eigenvalue weighted by atomic mass is 10.1. The zero-order valence-electron chi connectivity index (χ0n) is 9.95. The summed E-state index contributed by atoms with van der Waals surface area (Å²) in [5.74, 6) is 0.118. The number of rotatable bonds is 6. The van der Waals surface area contributed by atoms with Crippen molar-refractivity contribution in [1.29, 1.82) is 0 Å². The SMILES string of the molecule is NCCCCNC(=O)CN1CCC(N)CC1. The van der Waals surface area contributed by atoms with Crippen molar-refractivity contribution >= 4 is 5.91 Å². The molecule has 0 unspecified atom stereocenters. The summed E-state index contributed by atoms with van der Waals surface area (Å²) in [7, 11) is 0. The van der Waals surface area contributed by atoms with Gasteiger partial charge in [-0.3, -0.25) is 9.69 Å². The van der Waals surface area contributed by atoms with E-state index in [2.05, 4.69) is 10.2 Å². The molecule has 0 bridgehead atoms. The minimum atomic E-state index is 0.118. The molecule has 1 aliphatic rings. The number of unbranched alkanes of at least 4 members (excludes halogenated alkanes) is 1. The number of carbonyl (C=O) groups excluding carboxylic acids is 1. The molecule has 0 aromatic carbocycles. The molecule has 1 fully saturated rings. The summed E-state index contributed by atoms with van der Waals surface area (Å²) in [4.78, 5) is 13.7. The van der Waals surface area contributed by atoms with Gasteiger partial charge in [-0.15, -0.1) is 0 Å². The van der Waals surface area contributed by atoms with Crippen LogP contribution in [0.2, 0.25) is 0 Å². The Hall–Kier alpha value is -0.650. The van der Waals surface area contributed by atoms with Crippen LogP contribution in [0.1, 0.15) is 25.7 Å². The highest BCUT2D eigenvalue weighted by Gasteiger charge is 2.17. The van der Waals surface area contributed by atoms with Crippen molar-refractivity contribution in [3.63, 3.8) is 0 Å². The number of likely N-dealkylation sites (tertiary alicyclic amines) is 1. The van der Waals surface area contributed by atoms with E-state index in [9.17, 15) is 4.79 Å². The van der Waals surface area contributed by atoms with Gasteiger partial charge in [-0.05, 0) is 32.2 Å². The molecule has 0 saturated carbocycles. The van der Waals surface area contributed by atoms with Gasteiger partial charge in [0, 0.05) is 25.7 Å². The smallest absolute Gasteiger partial charge is 0.234 e. The topological polar surface area (TPSA) is 84.4 Å². The monoisotopic (exact) mass is 228 g/mol. The maximum atomic E-state index is 11.5. The predicted octanol–water partition coefficient (Wildman–Crippen LogP) is -0.735. The first kappa shape index (κ1) is 13.4. The summed E-state index contributed by atoms with van der Waals surface area (Å²) < 4.78 is 0. The summed E-state index contributed by atoms with van der Waals surface area (Å²) in [5, 5.41) is 2.91. The Bertz CT molecular complexity index is 202. The average Bonchev–Trinajstić information content (AvgIpc) is 2.28. The molecule has 1 rings (SSSR count). The summed E-state index contributed by atoms with van der Waals surface area (Å²) in [5.41, 5.74) is 11.2. The van der Waals surface area contributed by atoms with Crippen LogP contribution < -0.4 is 16.8 Å². The van der Waals surface area contributed by atoms with Gasteiger partial charge in [-0.2, -0.15) is 0 Å². The summed E-state index contributed by atoms with van der Waals surface area (Å²) >= 11 is 0.